The Morgan fingerprint density at radius 2 is 1.96 bits per heavy atom. The summed E-state index contributed by atoms with van der Waals surface area (Å²) in [4.78, 5) is 23.3. The number of hydrogen-bond donors (Lipinski definition) is 1. The summed E-state index contributed by atoms with van der Waals surface area (Å²) in [5.74, 6) is 0.283. The van der Waals surface area contributed by atoms with Gasteiger partial charge in [0.25, 0.3) is 5.91 Å². The summed E-state index contributed by atoms with van der Waals surface area (Å²) in [5, 5.41) is 2.80. The second-order valence-corrected chi connectivity index (χ2v) is 8.77. The molecule has 1 saturated heterocycles. The molecule has 0 unspecified atom stereocenters. The van der Waals surface area contributed by atoms with Crippen molar-refractivity contribution in [2.45, 2.75) is 6.54 Å². The highest BCUT2D eigenvalue weighted by atomic mass is 32.2. The molecule has 4 heterocycles. The Kier molecular flexibility index (Phi) is 4.63. The minimum atomic E-state index is -2.93. The van der Waals surface area contributed by atoms with E-state index in [1.54, 1.807) is 35.1 Å². The molecule has 9 heteroatoms. The highest BCUT2D eigenvalue weighted by Gasteiger charge is 2.24. The first-order valence-corrected chi connectivity index (χ1v) is 10.4. The first-order valence-electron chi connectivity index (χ1n) is 8.62. The molecule has 0 aromatic carbocycles. The number of fused-ring (bicyclic) bond motifs is 1. The summed E-state index contributed by atoms with van der Waals surface area (Å²) < 4.78 is 25.0. The van der Waals surface area contributed by atoms with Gasteiger partial charge in [0.1, 0.15) is 0 Å². The second kappa shape index (κ2) is 7.09. The first-order chi connectivity index (χ1) is 13.0. The molecule has 0 atom stereocenters. The molecule has 0 aliphatic carbocycles. The van der Waals surface area contributed by atoms with E-state index in [9.17, 15) is 13.2 Å². The molecule has 1 aliphatic heterocycles. The summed E-state index contributed by atoms with van der Waals surface area (Å²) in [5.41, 5.74) is 2.19. The summed E-state index contributed by atoms with van der Waals surface area (Å²) >= 11 is 0. The fourth-order valence-corrected chi connectivity index (χ4v) is 4.40. The summed E-state index contributed by atoms with van der Waals surface area (Å²) in [7, 11) is -2.93. The van der Waals surface area contributed by atoms with Crippen molar-refractivity contribution < 1.29 is 13.2 Å². The van der Waals surface area contributed by atoms with Crippen LogP contribution in [-0.2, 0) is 16.4 Å². The lowest BCUT2D eigenvalue weighted by atomic mass is 10.3. The van der Waals surface area contributed by atoms with Gasteiger partial charge >= 0.3 is 0 Å². The predicted octanol–water partition coefficient (Wildman–Crippen LogP) is 1.21. The van der Waals surface area contributed by atoms with Gasteiger partial charge in [-0.25, -0.2) is 13.4 Å². The van der Waals surface area contributed by atoms with E-state index in [1.807, 2.05) is 18.2 Å². The van der Waals surface area contributed by atoms with Gasteiger partial charge in [0, 0.05) is 32.0 Å². The zero-order chi connectivity index (χ0) is 18.9. The molecule has 1 aliphatic rings. The van der Waals surface area contributed by atoms with Crippen molar-refractivity contribution in [1.82, 2.24) is 19.3 Å². The maximum Gasteiger partial charge on any atom is 0.292 e. The molecule has 0 spiro atoms. The van der Waals surface area contributed by atoms with E-state index < -0.39 is 9.84 Å². The Morgan fingerprint density at radius 1 is 1.15 bits per heavy atom. The lowest BCUT2D eigenvalue weighted by molar-refractivity contribution is 0.101. The molecule has 3 aromatic heterocycles. The van der Waals surface area contributed by atoms with Crippen molar-refractivity contribution >= 4 is 26.9 Å². The third kappa shape index (κ3) is 3.83. The van der Waals surface area contributed by atoms with Crippen molar-refractivity contribution in [3.63, 3.8) is 0 Å². The van der Waals surface area contributed by atoms with Crippen LogP contribution in [0.3, 0.4) is 0 Å². The number of carbonyl (C=O) groups excluding carboxylic acids is 1. The summed E-state index contributed by atoms with van der Waals surface area (Å²) in [6, 6.07) is 9.14. The fourth-order valence-electron chi connectivity index (χ4n) is 3.12. The van der Waals surface area contributed by atoms with Crippen LogP contribution in [0.1, 0.15) is 16.3 Å². The van der Waals surface area contributed by atoms with Gasteiger partial charge < -0.3 is 5.32 Å². The summed E-state index contributed by atoms with van der Waals surface area (Å²) in [6.45, 7) is 1.46. The molecule has 27 heavy (non-hydrogen) atoms. The minimum absolute atomic E-state index is 0.160. The molecule has 8 nitrogen and oxygen atoms in total. The van der Waals surface area contributed by atoms with Crippen molar-refractivity contribution in [2.75, 3.05) is 29.9 Å². The number of carbonyl (C=O) groups is 1. The van der Waals surface area contributed by atoms with Gasteiger partial charge in [-0.3, -0.25) is 19.1 Å². The van der Waals surface area contributed by atoms with Gasteiger partial charge in [0.15, 0.2) is 9.84 Å². The zero-order valence-electron chi connectivity index (χ0n) is 14.6. The van der Waals surface area contributed by atoms with E-state index in [-0.39, 0.29) is 23.2 Å². The van der Waals surface area contributed by atoms with Crippen molar-refractivity contribution in [1.29, 1.82) is 0 Å². The van der Waals surface area contributed by atoms with E-state index >= 15 is 0 Å². The third-order valence-corrected chi connectivity index (χ3v) is 6.17. The van der Waals surface area contributed by atoms with Crippen LogP contribution in [0.4, 0.5) is 5.69 Å². The van der Waals surface area contributed by atoms with Gasteiger partial charge in [0.05, 0.1) is 34.6 Å². The number of nitrogens with one attached hydrogen (secondary N) is 1. The first kappa shape index (κ1) is 17.6. The number of aromatic nitrogens is 3. The number of sulfone groups is 1. The Bertz CT molecular complexity index is 1060. The lowest BCUT2D eigenvalue weighted by Crippen LogP contribution is -2.39. The van der Waals surface area contributed by atoms with E-state index in [2.05, 4.69) is 20.2 Å². The Hall–Kier alpha value is -2.78. The molecule has 4 rings (SSSR count). The summed E-state index contributed by atoms with van der Waals surface area (Å²) in [6.07, 6.45) is 5.00. The predicted molar refractivity (Wildman–Crippen MR) is 101 cm³/mol. The van der Waals surface area contributed by atoms with Crippen LogP contribution < -0.4 is 5.32 Å². The average Bonchev–Trinajstić information content (AvgIpc) is 3.03. The molecule has 3 aromatic rings. The van der Waals surface area contributed by atoms with Gasteiger partial charge in [-0.1, -0.05) is 6.07 Å². The smallest absolute Gasteiger partial charge is 0.292 e. The van der Waals surface area contributed by atoms with Crippen LogP contribution in [0.25, 0.3) is 5.52 Å². The van der Waals surface area contributed by atoms with Crippen LogP contribution in [0.5, 0.6) is 0 Å². The third-order valence-electron chi connectivity index (χ3n) is 4.56. The van der Waals surface area contributed by atoms with Crippen molar-refractivity contribution in [2.24, 2.45) is 0 Å². The SMILES string of the molecule is O=C(Nc1cccnc1)c1nc(CN2CCS(=O)(=O)CC2)c2ccccn12. The van der Waals surface area contributed by atoms with Crippen LogP contribution >= 0.6 is 0 Å². The van der Waals surface area contributed by atoms with E-state index in [0.717, 1.165) is 11.2 Å². The van der Waals surface area contributed by atoms with Crippen LogP contribution in [-0.4, -0.2) is 58.2 Å². The van der Waals surface area contributed by atoms with E-state index in [0.29, 0.717) is 25.3 Å². The van der Waals surface area contributed by atoms with Gasteiger partial charge in [0.2, 0.25) is 5.82 Å². The highest BCUT2D eigenvalue weighted by Crippen LogP contribution is 2.18. The zero-order valence-corrected chi connectivity index (χ0v) is 15.4. The van der Waals surface area contributed by atoms with Crippen molar-refractivity contribution in [3.8, 4) is 0 Å². The standard InChI is InChI=1S/C18H19N5O3S/c24-18(20-14-4-3-6-19-12-14)17-21-15(16-5-1-2-7-23(16)17)13-22-8-10-27(25,26)11-9-22/h1-7,12H,8-11,13H2,(H,20,24). The Balaban J connectivity index is 1.60. The molecule has 0 radical (unpaired) electrons. The number of nitrogens with zero attached hydrogens (tertiary/aromatic N) is 4. The maximum atomic E-state index is 12.7. The van der Waals surface area contributed by atoms with E-state index in [1.165, 1.54) is 0 Å². The largest absolute Gasteiger partial charge is 0.318 e. The van der Waals surface area contributed by atoms with Crippen LogP contribution in [0.2, 0.25) is 0 Å². The topological polar surface area (TPSA) is 96.7 Å². The molecule has 140 valence electrons. The number of amides is 1. The van der Waals surface area contributed by atoms with Gasteiger partial charge in [-0.05, 0) is 24.3 Å². The maximum absolute atomic E-state index is 12.7. The Labute approximate surface area is 156 Å². The Morgan fingerprint density at radius 3 is 2.70 bits per heavy atom. The van der Waals surface area contributed by atoms with Gasteiger partial charge in [-0.2, -0.15) is 0 Å². The average molecular weight is 385 g/mol. The number of imidazole rings is 1. The van der Waals surface area contributed by atoms with Crippen LogP contribution in [0, 0.1) is 0 Å². The lowest BCUT2D eigenvalue weighted by Gasteiger charge is -2.25. The molecular weight excluding hydrogens is 366 g/mol. The van der Waals surface area contributed by atoms with Gasteiger partial charge in [-0.15, -0.1) is 0 Å². The molecule has 0 bridgehead atoms. The molecule has 1 N–H and O–H groups in total. The number of pyridine rings is 2. The quantitative estimate of drug-likeness (QED) is 0.725. The minimum Gasteiger partial charge on any atom is -0.318 e. The molecule has 0 saturated carbocycles. The van der Waals surface area contributed by atoms with E-state index in [4.69, 9.17) is 0 Å². The second-order valence-electron chi connectivity index (χ2n) is 6.46. The molecular formula is C18H19N5O3S. The molecule has 1 fully saturated rings. The molecule has 1 amide bonds. The number of rotatable bonds is 4. The normalized spacial score (nSPS) is 17.0. The monoisotopic (exact) mass is 385 g/mol. The number of hydrogen-bond acceptors (Lipinski definition) is 6. The fraction of sp³-hybridized carbons (Fsp3) is 0.278. The van der Waals surface area contributed by atoms with Crippen molar-refractivity contribution in [3.05, 3.63) is 60.4 Å². The van der Waals surface area contributed by atoms with Crippen LogP contribution in [0.15, 0.2) is 48.9 Å². The number of anilines is 1. The highest BCUT2D eigenvalue weighted by molar-refractivity contribution is 7.91.